The zero-order chi connectivity index (χ0) is 44.1. The van der Waals surface area contributed by atoms with Crippen LogP contribution in [0.3, 0.4) is 0 Å². The standard InChI is InChI=1S/C44H53F2N11O7/c45-39(46)38-33(49-41(59)31-20-48-54-17-13-35(50-40(31)54)56-27-19-28(56)24-63-23-27)22-55(52-38)26-7-5-25(6-8-26)21-53-15-11-29(12-16-53)64-18-2-14-47-32-4-1-3-30-37(32)44(62)57(43(30)61)34-9-10-36(58)51-42(34)60/h1,3-4,13,17,20,22,25-29,34,39,43,47,61H,2,5-12,14-16,18-19,21,23-24H2,(H,49,59)(H,51,58,60). The molecule has 4 unspecified atom stereocenters. The molecule has 0 spiro atoms. The summed E-state index contributed by atoms with van der Waals surface area (Å²) in [5.74, 6) is -0.751. The number of fused-ring (bicyclic) bond motifs is 4. The van der Waals surface area contributed by atoms with Gasteiger partial charge in [-0.1, -0.05) is 12.1 Å². The molecule has 8 heterocycles. The quantitative estimate of drug-likeness (QED) is 0.105. The molecule has 340 valence electrons. The molecular formula is C44H53F2N11O7. The fraction of sp³-hybridized carbons (Fsp3) is 0.568. The number of morpholine rings is 1. The van der Waals surface area contributed by atoms with E-state index in [0.717, 1.165) is 70.4 Å². The number of hydrogen-bond acceptors (Lipinski definition) is 13. The summed E-state index contributed by atoms with van der Waals surface area (Å²) in [6.07, 6.45) is 8.11. The molecule has 5 aliphatic heterocycles. The van der Waals surface area contributed by atoms with Crippen LogP contribution >= 0.6 is 0 Å². The number of likely N-dealkylation sites (tertiary alicyclic amines) is 1. The Kier molecular flexibility index (Phi) is 11.8. The second-order valence-corrected chi connectivity index (χ2v) is 17.9. The number of anilines is 3. The molecule has 4 N–H and O–H groups in total. The van der Waals surface area contributed by atoms with Crippen molar-refractivity contribution in [3.63, 3.8) is 0 Å². The lowest BCUT2D eigenvalue weighted by molar-refractivity contribution is -0.139. The highest BCUT2D eigenvalue weighted by molar-refractivity contribution is 6.09. The van der Waals surface area contributed by atoms with Crippen molar-refractivity contribution in [3.8, 4) is 0 Å². The van der Waals surface area contributed by atoms with Crippen molar-refractivity contribution in [2.24, 2.45) is 5.92 Å². The zero-order valence-electron chi connectivity index (χ0n) is 35.4. The summed E-state index contributed by atoms with van der Waals surface area (Å²) in [5.41, 5.74) is 1.44. The van der Waals surface area contributed by atoms with E-state index in [-0.39, 0.29) is 54.2 Å². The van der Waals surface area contributed by atoms with Gasteiger partial charge in [0, 0.05) is 62.9 Å². The monoisotopic (exact) mass is 885 g/mol. The number of carbonyl (C=O) groups is 4. The molecule has 64 heavy (non-hydrogen) atoms. The second-order valence-electron chi connectivity index (χ2n) is 17.9. The number of carbonyl (C=O) groups excluding carboxylic acids is 4. The maximum absolute atomic E-state index is 14.3. The Bertz CT molecular complexity index is 2400. The number of aliphatic hydroxyl groups excluding tert-OH is 1. The number of alkyl halides is 2. The number of aromatic nitrogens is 5. The number of rotatable bonds is 14. The highest BCUT2D eigenvalue weighted by Crippen LogP contribution is 2.40. The Morgan fingerprint density at radius 3 is 2.53 bits per heavy atom. The molecular weight excluding hydrogens is 833 g/mol. The Hall–Kier alpha value is -5.57. The summed E-state index contributed by atoms with van der Waals surface area (Å²) in [7, 11) is 0. The Morgan fingerprint density at radius 2 is 1.78 bits per heavy atom. The van der Waals surface area contributed by atoms with E-state index in [9.17, 15) is 33.1 Å². The normalized spacial score (nSPS) is 26.3. The minimum absolute atomic E-state index is 0.00919. The average molecular weight is 886 g/mol. The fourth-order valence-corrected chi connectivity index (χ4v) is 10.5. The van der Waals surface area contributed by atoms with Crippen molar-refractivity contribution in [2.45, 2.75) is 107 Å². The molecule has 6 aliphatic rings. The van der Waals surface area contributed by atoms with E-state index in [4.69, 9.17) is 14.5 Å². The lowest BCUT2D eigenvalue weighted by atomic mass is 9.85. The molecule has 1 aliphatic carbocycles. The number of imide groups is 1. The number of ether oxygens (including phenoxy) is 2. The number of aliphatic hydroxyl groups is 1. The van der Waals surface area contributed by atoms with Crippen LogP contribution in [0.1, 0.15) is 115 Å². The molecule has 4 saturated heterocycles. The third kappa shape index (κ3) is 8.20. The maximum Gasteiger partial charge on any atom is 0.284 e. The first-order valence-corrected chi connectivity index (χ1v) is 22.5. The van der Waals surface area contributed by atoms with Gasteiger partial charge in [0.05, 0.1) is 54.9 Å². The molecule has 1 saturated carbocycles. The second kappa shape index (κ2) is 17.8. The van der Waals surface area contributed by atoms with Crippen LogP contribution in [0.5, 0.6) is 0 Å². The van der Waals surface area contributed by atoms with E-state index < -0.39 is 42.1 Å². The molecule has 4 amide bonds. The Balaban J connectivity index is 0.657. The molecule has 4 atom stereocenters. The third-order valence-corrected chi connectivity index (χ3v) is 13.9. The largest absolute Gasteiger partial charge is 0.384 e. The average Bonchev–Trinajstić information content (AvgIpc) is 3.99. The highest BCUT2D eigenvalue weighted by atomic mass is 19.3. The smallest absolute Gasteiger partial charge is 0.284 e. The number of benzene rings is 1. The number of hydrogen-bond donors (Lipinski definition) is 4. The number of piperidine rings is 2. The van der Waals surface area contributed by atoms with Crippen LogP contribution < -0.4 is 20.9 Å². The van der Waals surface area contributed by atoms with Gasteiger partial charge >= 0.3 is 0 Å². The van der Waals surface area contributed by atoms with Gasteiger partial charge in [0.25, 0.3) is 18.2 Å². The van der Waals surface area contributed by atoms with Crippen molar-refractivity contribution in [1.29, 1.82) is 0 Å². The van der Waals surface area contributed by atoms with Gasteiger partial charge in [-0.15, -0.1) is 0 Å². The maximum atomic E-state index is 14.3. The SMILES string of the molecule is O=C1CCC(N2C(=O)c3c(NCCCOC4CCN(CC5CCC(n6cc(NC(=O)c7cnn8ccc(N9C%10COCC9C%10)nc78)c(C(F)F)n6)CC5)CC4)cccc3C2O)C(=O)N1. The van der Waals surface area contributed by atoms with Crippen molar-refractivity contribution in [3.05, 3.63) is 65.2 Å². The van der Waals surface area contributed by atoms with E-state index in [1.165, 1.54) is 21.8 Å². The van der Waals surface area contributed by atoms with E-state index in [2.05, 4.69) is 35.9 Å². The predicted molar refractivity (Wildman–Crippen MR) is 227 cm³/mol. The van der Waals surface area contributed by atoms with E-state index in [1.54, 1.807) is 29.1 Å². The van der Waals surface area contributed by atoms with Crippen molar-refractivity contribution in [2.75, 3.05) is 61.5 Å². The Labute approximate surface area is 367 Å². The van der Waals surface area contributed by atoms with Gasteiger partial charge in [0.15, 0.2) is 17.6 Å². The highest BCUT2D eigenvalue weighted by Gasteiger charge is 2.46. The first-order valence-electron chi connectivity index (χ1n) is 22.5. The van der Waals surface area contributed by atoms with Crippen LogP contribution in [0.25, 0.3) is 5.65 Å². The van der Waals surface area contributed by atoms with Crippen LogP contribution in [0, 0.1) is 5.92 Å². The molecule has 18 nitrogen and oxygen atoms in total. The zero-order valence-corrected chi connectivity index (χ0v) is 35.4. The van der Waals surface area contributed by atoms with Gasteiger partial charge < -0.3 is 35.0 Å². The van der Waals surface area contributed by atoms with E-state index >= 15 is 0 Å². The summed E-state index contributed by atoms with van der Waals surface area (Å²) in [6.45, 7) is 5.22. The minimum atomic E-state index is -2.86. The third-order valence-electron chi connectivity index (χ3n) is 13.9. The van der Waals surface area contributed by atoms with Crippen LogP contribution in [0.15, 0.2) is 42.9 Å². The summed E-state index contributed by atoms with van der Waals surface area (Å²) in [5, 5.41) is 27.8. The van der Waals surface area contributed by atoms with Gasteiger partial charge in [-0.25, -0.2) is 18.3 Å². The van der Waals surface area contributed by atoms with Crippen LogP contribution in [0.4, 0.5) is 26.0 Å². The Morgan fingerprint density at radius 1 is 0.984 bits per heavy atom. The van der Waals surface area contributed by atoms with Gasteiger partial charge in [-0.3, -0.25) is 34.1 Å². The molecule has 3 aromatic heterocycles. The van der Waals surface area contributed by atoms with Crippen LogP contribution in [-0.4, -0.2) is 133 Å². The molecule has 1 aromatic carbocycles. The predicted octanol–water partition coefficient (Wildman–Crippen LogP) is 4.06. The van der Waals surface area contributed by atoms with E-state index in [1.807, 2.05) is 6.07 Å². The first kappa shape index (κ1) is 42.4. The fourth-order valence-electron chi connectivity index (χ4n) is 10.5. The molecule has 10 rings (SSSR count). The number of nitrogens with one attached hydrogen (secondary N) is 3. The number of nitrogens with zero attached hydrogens (tertiary/aromatic N) is 8. The lowest BCUT2D eigenvalue weighted by Gasteiger charge is -2.53. The van der Waals surface area contributed by atoms with Gasteiger partial charge in [-0.2, -0.15) is 10.2 Å². The molecule has 2 bridgehead atoms. The van der Waals surface area contributed by atoms with E-state index in [0.29, 0.717) is 61.2 Å². The van der Waals surface area contributed by atoms with Crippen molar-refractivity contribution >= 4 is 46.5 Å². The molecule has 0 radical (unpaired) electrons. The molecule has 20 heteroatoms. The van der Waals surface area contributed by atoms with Gasteiger partial charge in [-0.05, 0) is 75.8 Å². The summed E-state index contributed by atoms with van der Waals surface area (Å²) in [4.78, 5) is 61.7. The molecule has 5 fully saturated rings. The number of halogens is 2. The lowest BCUT2D eigenvalue weighted by Crippen LogP contribution is -2.64. The number of amides is 4. The summed E-state index contributed by atoms with van der Waals surface area (Å²) in [6, 6.07) is 6.62. The first-order chi connectivity index (χ1) is 31.1. The van der Waals surface area contributed by atoms with Crippen LogP contribution in [0.2, 0.25) is 0 Å². The summed E-state index contributed by atoms with van der Waals surface area (Å²) >= 11 is 0. The van der Waals surface area contributed by atoms with Crippen molar-refractivity contribution in [1.82, 2.24) is 39.5 Å². The van der Waals surface area contributed by atoms with Crippen molar-refractivity contribution < 1.29 is 42.5 Å². The van der Waals surface area contributed by atoms with Crippen LogP contribution in [-0.2, 0) is 19.1 Å². The molecule has 4 aromatic rings. The summed E-state index contributed by atoms with van der Waals surface area (Å²) < 4.78 is 43.5. The topological polar surface area (TPSA) is 201 Å². The minimum Gasteiger partial charge on any atom is -0.384 e. The van der Waals surface area contributed by atoms with Gasteiger partial charge in [0.2, 0.25) is 11.8 Å². The van der Waals surface area contributed by atoms with Gasteiger partial charge in [0.1, 0.15) is 17.4 Å².